The Bertz CT molecular complexity index is 1020. The van der Waals surface area contributed by atoms with E-state index in [0.29, 0.717) is 5.69 Å². The molecule has 0 aliphatic carbocycles. The van der Waals surface area contributed by atoms with Crippen LogP contribution in [0.15, 0.2) is 71.5 Å². The molecule has 4 rings (SSSR count). The molecule has 0 spiro atoms. The standard InChI is InChI=1S/C18H11NOS/c20-18-17(19-15-7-3-4-8-16(15)21-18)14-10-9-12-5-1-2-6-13(12)11-14/h1-11H. The molecule has 0 fully saturated rings. The molecule has 0 atom stereocenters. The molecule has 1 heterocycles. The third-order valence-electron chi connectivity index (χ3n) is 3.52. The zero-order valence-electron chi connectivity index (χ0n) is 11.1. The summed E-state index contributed by atoms with van der Waals surface area (Å²) in [4.78, 5) is 16.9. The van der Waals surface area contributed by atoms with Crippen molar-refractivity contribution >= 4 is 32.3 Å². The summed E-state index contributed by atoms with van der Waals surface area (Å²) in [5, 5.41) is 2.28. The molecule has 0 saturated carbocycles. The fraction of sp³-hybridized carbons (Fsp3) is 0. The minimum Gasteiger partial charge on any atom is -0.275 e. The Hall–Kier alpha value is -2.52. The number of rotatable bonds is 1. The van der Waals surface area contributed by atoms with E-state index < -0.39 is 0 Å². The van der Waals surface area contributed by atoms with E-state index in [1.165, 1.54) is 11.3 Å². The topological polar surface area (TPSA) is 30.0 Å². The Morgan fingerprint density at radius 1 is 0.810 bits per heavy atom. The van der Waals surface area contributed by atoms with Gasteiger partial charge in [-0.3, -0.25) is 4.79 Å². The van der Waals surface area contributed by atoms with Crippen LogP contribution in [-0.2, 0) is 0 Å². The molecule has 4 aromatic rings. The van der Waals surface area contributed by atoms with Gasteiger partial charge in [0.15, 0.2) is 0 Å². The van der Waals surface area contributed by atoms with E-state index in [1.54, 1.807) is 0 Å². The van der Waals surface area contributed by atoms with Crippen molar-refractivity contribution in [2.75, 3.05) is 0 Å². The third kappa shape index (κ3) is 2.12. The Morgan fingerprint density at radius 3 is 2.48 bits per heavy atom. The molecular formula is C18H11NOS. The quantitative estimate of drug-likeness (QED) is 0.517. The number of hydrogen-bond acceptors (Lipinski definition) is 3. The maximum atomic E-state index is 12.3. The molecule has 0 unspecified atom stereocenters. The van der Waals surface area contributed by atoms with Crippen LogP contribution < -0.4 is 4.74 Å². The molecule has 0 aliphatic heterocycles. The van der Waals surface area contributed by atoms with Gasteiger partial charge in [-0.15, -0.1) is 0 Å². The van der Waals surface area contributed by atoms with Crippen LogP contribution in [0.4, 0.5) is 0 Å². The van der Waals surface area contributed by atoms with Crippen LogP contribution in [0.5, 0.6) is 0 Å². The average molecular weight is 289 g/mol. The molecule has 0 amide bonds. The molecule has 0 aliphatic rings. The van der Waals surface area contributed by atoms with Crippen molar-refractivity contribution in [2.24, 2.45) is 0 Å². The van der Waals surface area contributed by atoms with Crippen molar-refractivity contribution in [2.45, 2.75) is 0 Å². The highest BCUT2D eigenvalue weighted by Crippen LogP contribution is 2.23. The summed E-state index contributed by atoms with van der Waals surface area (Å²) in [5.41, 5.74) is 2.27. The lowest BCUT2D eigenvalue weighted by molar-refractivity contribution is 1.40. The third-order valence-corrected chi connectivity index (χ3v) is 4.46. The van der Waals surface area contributed by atoms with E-state index in [0.717, 1.165) is 26.6 Å². The lowest BCUT2D eigenvalue weighted by Gasteiger charge is -2.04. The van der Waals surface area contributed by atoms with Gasteiger partial charge in [-0.25, -0.2) is 4.98 Å². The van der Waals surface area contributed by atoms with Gasteiger partial charge < -0.3 is 0 Å². The first kappa shape index (κ1) is 12.2. The van der Waals surface area contributed by atoms with E-state index in [-0.39, 0.29) is 4.74 Å². The second-order valence-electron chi connectivity index (χ2n) is 4.88. The van der Waals surface area contributed by atoms with Crippen molar-refractivity contribution in [1.82, 2.24) is 4.98 Å². The zero-order valence-corrected chi connectivity index (χ0v) is 11.9. The van der Waals surface area contributed by atoms with Gasteiger partial charge in [0, 0.05) is 5.56 Å². The van der Waals surface area contributed by atoms with Gasteiger partial charge in [0.1, 0.15) is 5.69 Å². The van der Waals surface area contributed by atoms with E-state index in [9.17, 15) is 4.79 Å². The van der Waals surface area contributed by atoms with Gasteiger partial charge in [-0.2, -0.15) is 0 Å². The summed E-state index contributed by atoms with van der Waals surface area (Å²) in [6.45, 7) is 0. The van der Waals surface area contributed by atoms with E-state index in [4.69, 9.17) is 0 Å². The molecule has 0 saturated heterocycles. The van der Waals surface area contributed by atoms with Gasteiger partial charge in [-0.05, 0) is 29.0 Å². The predicted molar refractivity (Wildman–Crippen MR) is 88.8 cm³/mol. The molecule has 3 heteroatoms. The Kier molecular flexibility index (Phi) is 2.79. The van der Waals surface area contributed by atoms with Crippen LogP contribution in [0.2, 0.25) is 0 Å². The highest BCUT2D eigenvalue weighted by atomic mass is 32.1. The van der Waals surface area contributed by atoms with Crippen LogP contribution in [0.1, 0.15) is 0 Å². The number of hydrogen-bond donors (Lipinski definition) is 0. The summed E-state index contributed by atoms with van der Waals surface area (Å²) in [5.74, 6) is 0. The van der Waals surface area contributed by atoms with Gasteiger partial charge in [0.05, 0.1) is 10.2 Å². The van der Waals surface area contributed by atoms with Crippen molar-refractivity contribution in [3.63, 3.8) is 0 Å². The second-order valence-corrected chi connectivity index (χ2v) is 5.89. The average Bonchev–Trinajstić information content (AvgIpc) is 2.54. The van der Waals surface area contributed by atoms with Crippen LogP contribution in [-0.4, -0.2) is 4.98 Å². The zero-order chi connectivity index (χ0) is 14.2. The number of para-hydroxylation sites is 1. The molecule has 21 heavy (non-hydrogen) atoms. The Morgan fingerprint density at radius 2 is 1.57 bits per heavy atom. The monoisotopic (exact) mass is 289 g/mol. The largest absolute Gasteiger partial charge is 0.275 e. The summed E-state index contributed by atoms with van der Waals surface area (Å²) in [6.07, 6.45) is 0. The highest BCUT2D eigenvalue weighted by molar-refractivity contribution is 7.16. The fourth-order valence-electron chi connectivity index (χ4n) is 2.47. The van der Waals surface area contributed by atoms with Gasteiger partial charge in [-0.1, -0.05) is 59.9 Å². The first-order valence-corrected chi connectivity index (χ1v) is 7.52. The SMILES string of the molecule is O=c1sc2ccccc2nc1-c1ccc2ccccc2c1. The molecule has 100 valence electrons. The van der Waals surface area contributed by atoms with Gasteiger partial charge in [0.25, 0.3) is 4.74 Å². The second kappa shape index (κ2) is 4.79. The van der Waals surface area contributed by atoms with E-state index >= 15 is 0 Å². The molecule has 0 N–H and O–H groups in total. The number of benzene rings is 3. The maximum absolute atomic E-state index is 12.3. The summed E-state index contributed by atoms with van der Waals surface area (Å²) in [7, 11) is 0. The summed E-state index contributed by atoms with van der Waals surface area (Å²) >= 11 is 1.25. The highest BCUT2D eigenvalue weighted by Gasteiger charge is 2.08. The summed E-state index contributed by atoms with van der Waals surface area (Å²) < 4.78 is 0.927. The van der Waals surface area contributed by atoms with Crippen molar-refractivity contribution in [1.29, 1.82) is 0 Å². The van der Waals surface area contributed by atoms with E-state index in [1.807, 2.05) is 60.7 Å². The smallest absolute Gasteiger partial charge is 0.259 e. The molecular weight excluding hydrogens is 278 g/mol. The van der Waals surface area contributed by atoms with Crippen molar-refractivity contribution in [3.8, 4) is 11.3 Å². The molecule has 1 aromatic heterocycles. The lowest BCUT2D eigenvalue weighted by Crippen LogP contribution is -2.02. The van der Waals surface area contributed by atoms with Crippen LogP contribution in [0, 0.1) is 0 Å². The van der Waals surface area contributed by atoms with Gasteiger partial charge in [0.2, 0.25) is 0 Å². The predicted octanol–water partition coefficient (Wildman–Crippen LogP) is 4.48. The fourth-order valence-corrected chi connectivity index (χ4v) is 3.29. The van der Waals surface area contributed by atoms with E-state index in [2.05, 4.69) is 11.1 Å². The molecule has 2 nitrogen and oxygen atoms in total. The minimum atomic E-state index is 0.00369. The molecule has 0 bridgehead atoms. The lowest BCUT2D eigenvalue weighted by atomic mass is 10.1. The van der Waals surface area contributed by atoms with Crippen LogP contribution >= 0.6 is 11.3 Å². The Labute approximate surface area is 125 Å². The van der Waals surface area contributed by atoms with Crippen LogP contribution in [0.3, 0.4) is 0 Å². The summed E-state index contributed by atoms with van der Waals surface area (Å²) in [6, 6.07) is 21.9. The molecule has 3 aromatic carbocycles. The normalized spacial score (nSPS) is 11.0. The van der Waals surface area contributed by atoms with Gasteiger partial charge >= 0.3 is 0 Å². The minimum absolute atomic E-state index is 0.00369. The molecule has 0 radical (unpaired) electrons. The first-order valence-electron chi connectivity index (χ1n) is 6.70. The van der Waals surface area contributed by atoms with Crippen LogP contribution in [0.25, 0.3) is 32.2 Å². The Balaban J connectivity index is 1.99. The maximum Gasteiger partial charge on any atom is 0.259 e. The number of aromatic nitrogens is 1. The van der Waals surface area contributed by atoms with Crippen molar-refractivity contribution in [3.05, 3.63) is 76.3 Å². The first-order chi connectivity index (χ1) is 10.3. The number of nitrogens with zero attached hydrogens (tertiary/aromatic N) is 1. The van der Waals surface area contributed by atoms with Crippen molar-refractivity contribution < 1.29 is 0 Å². The number of fused-ring (bicyclic) bond motifs is 2.